The largest absolute Gasteiger partial charge is 0.346 e. The van der Waals surface area contributed by atoms with Crippen molar-refractivity contribution in [3.8, 4) is 0 Å². The average molecular weight is 397 g/mol. The van der Waals surface area contributed by atoms with E-state index >= 15 is 0 Å². The van der Waals surface area contributed by atoms with Crippen LogP contribution in [0.2, 0.25) is 0 Å². The SMILES string of the molecule is Cc1ccc(Br)cc1C(=O)NC(C)c1cccc(Br)c1. The highest BCUT2D eigenvalue weighted by atomic mass is 79.9. The first-order valence-electron chi connectivity index (χ1n) is 6.30. The van der Waals surface area contributed by atoms with Crippen LogP contribution in [0.4, 0.5) is 0 Å². The number of amides is 1. The lowest BCUT2D eigenvalue weighted by molar-refractivity contribution is 0.0939. The van der Waals surface area contributed by atoms with E-state index in [-0.39, 0.29) is 11.9 Å². The molecule has 0 radical (unpaired) electrons. The molecule has 2 aromatic rings. The molecule has 104 valence electrons. The summed E-state index contributed by atoms with van der Waals surface area (Å²) in [5, 5.41) is 3.03. The molecule has 0 aliphatic carbocycles. The Morgan fingerprint density at radius 1 is 1.10 bits per heavy atom. The van der Waals surface area contributed by atoms with E-state index in [0.29, 0.717) is 5.56 Å². The van der Waals surface area contributed by atoms with Crippen LogP contribution in [0.15, 0.2) is 51.4 Å². The number of aryl methyl sites for hydroxylation is 1. The summed E-state index contributed by atoms with van der Waals surface area (Å²) >= 11 is 6.84. The number of hydrogen-bond acceptors (Lipinski definition) is 1. The quantitative estimate of drug-likeness (QED) is 0.775. The number of nitrogens with one attached hydrogen (secondary N) is 1. The summed E-state index contributed by atoms with van der Waals surface area (Å²) in [5.74, 6) is -0.0590. The van der Waals surface area contributed by atoms with Gasteiger partial charge < -0.3 is 5.32 Å². The second kappa shape index (κ2) is 6.55. The second-order valence-corrected chi connectivity index (χ2v) is 6.54. The van der Waals surface area contributed by atoms with Gasteiger partial charge in [-0.05, 0) is 49.2 Å². The highest BCUT2D eigenvalue weighted by molar-refractivity contribution is 9.10. The zero-order chi connectivity index (χ0) is 14.7. The monoisotopic (exact) mass is 395 g/mol. The van der Waals surface area contributed by atoms with Gasteiger partial charge in [0.25, 0.3) is 5.91 Å². The van der Waals surface area contributed by atoms with E-state index in [1.54, 1.807) is 0 Å². The highest BCUT2D eigenvalue weighted by Gasteiger charge is 2.13. The normalized spacial score (nSPS) is 12.0. The lowest BCUT2D eigenvalue weighted by atomic mass is 10.1. The number of hydrogen-bond donors (Lipinski definition) is 1. The molecule has 0 saturated heterocycles. The maximum atomic E-state index is 12.3. The van der Waals surface area contributed by atoms with E-state index < -0.39 is 0 Å². The third-order valence-electron chi connectivity index (χ3n) is 3.14. The van der Waals surface area contributed by atoms with Crippen LogP contribution >= 0.6 is 31.9 Å². The van der Waals surface area contributed by atoms with Crippen LogP contribution in [0, 0.1) is 6.92 Å². The fourth-order valence-corrected chi connectivity index (χ4v) is 2.75. The molecule has 4 heteroatoms. The summed E-state index contributed by atoms with van der Waals surface area (Å²) in [5.41, 5.74) is 2.73. The first kappa shape index (κ1) is 15.3. The van der Waals surface area contributed by atoms with E-state index in [0.717, 1.165) is 20.1 Å². The minimum Gasteiger partial charge on any atom is -0.346 e. The third kappa shape index (κ3) is 3.70. The molecule has 1 amide bonds. The van der Waals surface area contributed by atoms with Crippen LogP contribution in [-0.4, -0.2) is 5.91 Å². The molecule has 0 fully saturated rings. The van der Waals surface area contributed by atoms with Crippen LogP contribution in [0.3, 0.4) is 0 Å². The first-order chi connectivity index (χ1) is 9.47. The molecular formula is C16H15Br2NO. The average Bonchev–Trinajstić information content (AvgIpc) is 2.41. The van der Waals surface area contributed by atoms with Crippen molar-refractivity contribution in [2.75, 3.05) is 0 Å². The maximum absolute atomic E-state index is 12.3. The number of rotatable bonds is 3. The van der Waals surface area contributed by atoms with Gasteiger partial charge in [-0.3, -0.25) is 4.79 Å². The Bertz CT molecular complexity index is 640. The van der Waals surface area contributed by atoms with Crippen LogP contribution < -0.4 is 5.32 Å². The van der Waals surface area contributed by atoms with Gasteiger partial charge >= 0.3 is 0 Å². The van der Waals surface area contributed by atoms with Crippen molar-refractivity contribution in [2.24, 2.45) is 0 Å². The molecule has 2 aromatic carbocycles. The predicted molar refractivity (Wildman–Crippen MR) is 88.9 cm³/mol. The zero-order valence-electron chi connectivity index (χ0n) is 11.3. The lowest BCUT2D eigenvalue weighted by Gasteiger charge is -2.16. The lowest BCUT2D eigenvalue weighted by Crippen LogP contribution is -2.27. The standard InChI is InChI=1S/C16H15Br2NO/c1-10-6-7-14(18)9-15(10)16(20)19-11(2)12-4-3-5-13(17)8-12/h3-9,11H,1-2H3,(H,19,20). The van der Waals surface area contributed by atoms with Gasteiger partial charge in [-0.2, -0.15) is 0 Å². The fourth-order valence-electron chi connectivity index (χ4n) is 1.97. The predicted octanol–water partition coefficient (Wildman–Crippen LogP) is 5.01. The van der Waals surface area contributed by atoms with Gasteiger partial charge in [0.2, 0.25) is 0 Å². The van der Waals surface area contributed by atoms with Crippen molar-refractivity contribution in [3.63, 3.8) is 0 Å². The number of benzene rings is 2. The molecule has 2 nitrogen and oxygen atoms in total. The maximum Gasteiger partial charge on any atom is 0.252 e. The van der Waals surface area contributed by atoms with Crippen molar-refractivity contribution in [1.29, 1.82) is 0 Å². The van der Waals surface area contributed by atoms with Crippen molar-refractivity contribution < 1.29 is 4.79 Å². The molecule has 0 aliphatic heterocycles. The third-order valence-corrected chi connectivity index (χ3v) is 4.13. The van der Waals surface area contributed by atoms with E-state index in [1.165, 1.54) is 0 Å². The Labute approximate surface area is 135 Å². The van der Waals surface area contributed by atoms with Gasteiger partial charge in [-0.15, -0.1) is 0 Å². The fraction of sp³-hybridized carbons (Fsp3) is 0.188. The van der Waals surface area contributed by atoms with Gasteiger partial charge in [-0.25, -0.2) is 0 Å². The molecule has 0 aliphatic rings. The molecule has 0 bridgehead atoms. The second-order valence-electron chi connectivity index (χ2n) is 4.71. The van der Waals surface area contributed by atoms with Crippen molar-refractivity contribution in [1.82, 2.24) is 5.32 Å². The van der Waals surface area contributed by atoms with Crippen LogP contribution in [0.5, 0.6) is 0 Å². The summed E-state index contributed by atoms with van der Waals surface area (Å²) < 4.78 is 1.91. The number of carbonyl (C=O) groups excluding carboxylic acids is 1. The molecule has 0 heterocycles. The van der Waals surface area contributed by atoms with Crippen LogP contribution in [0.1, 0.15) is 34.5 Å². The summed E-state index contributed by atoms with van der Waals surface area (Å²) in [6.45, 7) is 3.91. The molecule has 1 atom stereocenters. The minimum atomic E-state index is -0.0590. The van der Waals surface area contributed by atoms with E-state index in [2.05, 4.69) is 37.2 Å². The van der Waals surface area contributed by atoms with E-state index in [9.17, 15) is 4.79 Å². The number of carbonyl (C=O) groups is 1. The molecule has 0 aromatic heterocycles. The first-order valence-corrected chi connectivity index (χ1v) is 7.88. The zero-order valence-corrected chi connectivity index (χ0v) is 14.5. The van der Waals surface area contributed by atoms with Crippen LogP contribution in [-0.2, 0) is 0 Å². The molecule has 1 unspecified atom stereocenters. The summed E-state index contributed by atoms with van der Waals surface area (Å²) in [7, 11) is 0. The number of halogens is 2. The van der Waals surface area contributed by atoms with Crippen molar-refractivity contribution in [2.45, 2.75) is 19.9 Å². The summed E-state index contributed by atoms with van der Waals surface area (Å²) in [6, 6.07) is 13.6. The van der Waals surface area contributed by atoms with Gasteiger partial charge in [0.1, 0.15) is 0 Å². The Morgan fingerprint density at radius 3 is 2.50 bits per heavy atom. The van der Waals surface area contributed by atoms with E-state index in [1.807, 2.05) is 56.3 Å². The molecule has 2 rings (SSSR count). The van der Waals surface area contributed by atoms with Gasteiger partial charge in [0.05, 0.1) is 6.04 Å². The molecule has 0 spiro atoms. The minimum absolute atomic E-state index is 0.0432. The van der Waals surface area contributed by atoms with Gasteiger partial charge in [-0.1, -0.05) is 50.1 Å². The van der Waals surface area contributed by atoms with Crippen molar-refractivity contribution >= 4 is 37.8 Å². The molecular weight excluding hydrogens is 382 g/mol. The summed E-state index contributed by atoms with van der Waals surface area (Å²) in [6.07, 6.45) is 0. The van der Waals surface area contributed by atoms with Gasteiger partial charge in [0.15, 0.2) is 0 Å². The van der Waals surface area contributed by atoms with Gasteiger partial charge in [0, 0.05) is 14.5 Å². The Balaban J connectivity index is 2.17. The Hall–Kier alpha value is -1.13. The summed E-state index contributed by atoms with van der Waals surface area (Å²) in [4.78, 5) is 12.3. The van der Waals surface area contributed by atoms with Crippen LogP contribution in [0.25, 0.3) is 0 Å². The Kier molecular flexibility index (Phi) is 5.00. The van der Waals surface area contributed by atoms with Crippen molar-refractivity contribution in [3.05, 3.63) is 68.1 Å². The smallest absolute Gasteiger partial charge is 0.252 e. The Morgan fingerprint density at radius 2 is 1.80 bits per heavy atom. The van der Waals surface area contributed by atoms with E-state index in [4.69, 9.17) is 0 Å². The highest BCUT2D eigenvalue weighted by Crippen LogP contribution is 2.20. The topological polar surface area (TPSA) is 29.1 Å². The molecule has 1 N–H and O–H groups in total. The molecule has 20 heavy (non-hydrogen) atoms. The molecule has 0 saturated carbocycles.